The number of anilines is 1. The van der Waals surface area contributed by atoms with Crippen LogP contribution in [-0.4, -0.2) is 62.6 Å². The van der Waals surface area contributed by atoms with Gasteiger partial charge in [0.1, 0.15) is 25.5 Å². The Labute approximate surface area is 334 Å². The Morgan fingerprint density at radius 3 is 1.88 bits per heavy atom. The van der Waals surface area contributed by atoms with Crippen molar-refractivity contribution < 1.29 is 24.1 Å². The van der Waals surface area contributed by atoms with Crippen LogP contribution in [0.3, 0.4) is 0 Å². The first-order chi connectivity index (χ1) is 27.8. The number of carbonyl (C=O) groups is 1. The number of rotatable bonds is 12. The topological polar surface area (TPSA) is 102 Å². The molecule has 0 saturated carbocycles. The summed E-state index contributed by atoms with van der Waals surface area (Å²) in [6.07, 6.45) is 2.99. The predicted molar refractivity (Wildman–Crippen MR) is 222 cm³/mol. The summed E-state index contributed by atoms with van der Waals surface area (Å²) in [5, 5.41) is 18.1. The number of benzene rings is 4. The molecule has 2 saturated heterocycles. The van der Waals surface area contributed by atoms with Crippen molar-refractivity contribution in [2.45, 2.75) is 58.0 Å². The van der Waals surface area contributed by atoms with Crippen LogP contribution >= 0.6 is 0 Å². The minimum Gasteiger partial charge on any atom is -0.473 e. The minimum absolute atomic E-state index is 0.123. The molecule has 4 heterocycles. The van der Waals surface area contributed by atoms with Crippen molar-refractivity contribution in [2.24, 2.45) is 18.9 Å². The summed E-state index contributed by atoms with van der Waals surface area (Å²) in [5.74, 6) is 1.23. The number of pyridine rings is 1. The molecule has 10 nitrogen and oxygen atoms in total. The van der Waals surface area contributed by atoms with Crippen molar-refractivity contribution in [3.05, 3.63) is 138 Å². The molecule has 0 radical (unpaired) electrons. The molecule has 2 aromatic heterocycles. The average Bonchev–Trinajstić information content (AvgIpc) is 3.61. The van der Waals surface area contributed by atoms with Crippen molar-refractivity contribution in [2.75, 3.05) is 31.1 Å². The third-order valence-electron chi connectivity index (χ3n) is 11.8. The Hall–Kier alpha value is -5.87. The van der Waals surface area contributed by atoms with Crippen molar-refractivity contribution in [1.82, 2.24) is 19.7 Å². The summed E-state index contributed by atoms with van der Waals surface area (Å²) in [6, 6.07) is 40.1. The molecule has 0 aliphatic carbocycles. The van der Waals surface area contributed by atoms with E-state index in [9.17, 15) is 9.90 Å². The van der Waals surface area contributed by atoms with Crippen LogP contribution in [0, 0.1) is 11.8 Å². The van der Waals surface area contributed by atoms with Crippen LogP contribution in [0.5, 0.6) is 11.8 Å². The van der Waals surface area contributed by atoms with Crippen molar-refractivity contribution >= 4 is 22.7 Å². The van der Waals surface area contributed by atoms with E-state index in [1.165, 1.54) is 0 Å². The van der Waals surface area contributed by atoms with Gasteiger partial charge in [-0.1, -0.05) is 103 Å². The molecule has 1 N–H and O–H groups in total. The number of hydrogen-bond acceptors (Lipinski definition) is 8. The molecule has 10 heteroatoms. The maximum atomic E-state index is 12.8. The number of aryl methyl sites for hydroxylation is 1. The summed E-state index contributed by atoms with van der Waals surface area (Å²) in [7, 11) is 1.99. The van der Waals surface area contributed by atoms with Gasteiger partial charge in [-0.15, -0.1) is 0 Å². The van der Waals surface area contributed by atoms with Gasteiger partial charge in [0.05, 0.1) is 22.4 Å². The Bertz CT molecular complexity index is 2250. The van der Waals surface area contributed by atoms with E-state index in [2.05, 4.69) is 23.1 Å². The number of aliphatic hydroxyl groups is 1. The first-order valence-corrected chi connectivity index (χ1v) is 20.1. The lowest BCUT2D eigenvalue weighted by Gasteiger charge is -2.46. The van der Waals surface area contributed by atoms with Gasteiger partial charge in [0.25, 0.3) is 0 Å². The zero-order chi connectivity index (χ0) is 39.2. The molecular formula is C47H51N5O5. The van der Waals surface area contributed by atoms with Gasteiger partial charge in [0.15, 0.2) is 0 Å². The van der Waals surface area contributed by atoms with Crippen LogP contribution in [0.2, 0.25) is 0 Å². The third-order valence-corrected chi connectivity index (χ3v) is 11.8. The van der Waals surface area contributed by atoms with E-state index >= 15 is 0 Å². The molecule has 8 rings (SSSR count). The van der Waals surface area contributed by atoms with E-state index in [0.29, 0.717) is 38.1 Å². The van der Waals surface area contributed by atoms with Gasteiger partial charge < -0.3 is 29.1 Å². The van der Waals surface area contributed by atoms with E-state index in [-0.39, 0.29) is 24.5 Å². The van der Waals surface area contributed by atoms with Gasteiger partial charge in [-0.2, -0.15) is 10.1 Å². The summed E-state index contributed by atoms with van der Waals surface area (Å²) >= 11 is 0. The zero-order valence-corrected chi connectivity index (χ0v) is 32.8. The van der Waals surface area contributed by atoms with Crippen LogP contribution in [0.1, 0.15) is 49.3 Å². The van der Waals surface area contributed by atoms with E-state index in [0.717, 1.165) is 83.3 Å². The lowest BCUT2D eigenvalue weighted by molar-refractivity contribution is -0.0788. The van der Waals surface area contributed by atoms with E-state index < -0.39 is 5.60 Å². The highest BCUT2D eigenvalue weighted by atomic mass is 16.6. The summed E-state index contributed by atoms with van der Waals surface area (Å²) in [4.78, 5) is 21.9. The number of amides is 1. The van der Waals surface area contributed by atoms with Crippen LogP contribution in [0.4, 0.5) is 10.5 Å². The molecule has 1 amide bonds. The summed E-state index contributed by atoms with van der Waals surface area (Å²) in [5.41, 5.74) is 6.02. The molecule has 2 aliphatic heterocycles. The fraction of sp³-hybridized carbons (Fsp3) is 0.340. The van der Waals surface area contributed by atoms with Gasteiger partial charge >= 0.3 is 6.09 Å². The Morgan fingerprint density at radius 2 is 1.26 bits per heavy atom. The molecule has 2 fully saturated rings. The van der Waals surface area contributed by atoms with E-state index in [1.807, 2.05) is 122 Å². The highest BCUT2D eigenvalue weighted by Gasteiger charge is 2.43. The van der Waals surface area contributed by atoms with Crippen molar-refractivity contribution in [3.8, 4) is 23.0 Å². The molecule has 0 bridgehead atoms. The maximum Gasteiger partial charge on any atom is 0.410 e. The van der Waals surface area contributed by atoms with Crippen LogP contribution in [-0.2, 0) is 31.6 Å². The maximum absolute atomic E-state index is 12.8. The lowest BCUT2D eigenvalue weighted by atomic mass is 9.70. The lowest BCUT2D eigenvalue weighted by Crippen LogP contribution is -2.51. The normalized spacial score (nSPS) is 16.3. The predicted octanol–water partition coefficient (Wildman–Crippen LogP) is 8.81. The van der Waals surface area contributed by atoms with Crippen LogP contribution in [0.15, 0.2) is 121 Å². The molecule has 1 atom stereocenters. The quantitative estimate of drug-likeness (QED) is 0.132. The average molecular weight is 766 g/mol. The second-order valence-electron chi connectivity index (χ2n) is 15.5. The first kappa shape index (κ1) is 38.0. The molecule has 2 aliphatic rings. The van der Waals surface area contributed by atoms with Crippen molar-refractivity contribution in [1.29, 1.82) is 0 Å². The van der Waals surface area contributed by atoms with Gasteiger partial charge in [-0.3, -0.25) is 4.68 Å². The number of aromatic nitrogens is 3. The fourth-order valence-corrected chi connectivity index (χ4v) is 8.52. The molecule has 57 heavy (non-hydrogen) atoms. The molecule has 0 unspecified atom stereocenters. The number of likely N-dealkylation sites (tertiary alicyclic amines) is 1. The minimum atomic E-state index is -0.821. The Balaban J connectivity index is 0.948. The van der Waals surface area contributed by atoms with Crippen molar-refractivity contribution in [3.63, 3.8) is 0 Å². The van der Waals surface area contributed by atoms with Crippen LogP contribution in [0.25, 0.3) is 22.2 Å². The Morgan fingerprint density at radius 1 is 0.702 bits per heavy atom. The second kappa shape index (κ2) is 17.1. The molecule has 0 spiro atoms. The molecular weight excluding hydrogens is 715 g/mol. The number of nitrogens with zero attached hydrogens (tertiary/aromatic N) is 5. The molecule has 6 aromatic rings. The second-order valence-corrected chi connectivity index (χ2v) is 15.5. The largest absolute Gasteiger partial charge is 0.473 e. The summed E-state index contributed by atoms with van der Waals surface area (Å²) in [6.45, 7) is 5.88. The fourth-order valence-electron chi connectivity index (χ4n) is 8.52. The highest BCUT2D eigenvalue weighted by molar-refractivity contribution is 6.01. The van der Waals surface area contributed by atoms with E-state index in [1.54, 1.807) is 4.90 Å². The van der Waals surface area contributed by atoms with Gasteiger partial charge in [-0.25, -0.2) is 4.79 Å². The Kier molecular flexibility index (Phi) is 11.4. The number of fused-ring (bicyclic) bond motifs is 1. The number of hydrogen-bond donors (Lipinski definition) is 1. The van der Waals surface area contributed by atoms with E-state index in [4.69, 9.17) is 24.3 Å². The third kappa shape index (κ3) is 8.61. The first-order valence-electron chi connectivity index (χ1n) is 20.1. The van der Waals surface area contributed by atoms with Gasteiger partial charge in [0, 0.05) is 44.7 Å². The zero-order valence-electron chi connectivity index (χ0n) is 32.8. The standard InChI is InChI=1S/C47H51N5O5/c1-47(54,38-25-29-52(30-26-38)46(53)57-33-36-17-10-5-11-18-36)37-23-27-51(28-24-37)41-20-12-19-39-43(49-50(2)44(39)41)40-21-22-42(55-31-34-13-6-3-7-14-34)48-45(40)56-32-35-15-8-4-9-16-35/h3-22,37-38,54H,23-33H2,1-2H3/t47-/m0/s1. The number of carbonyl (C=O) groups excluding carboxylic acids is 1. The number of para-hydroxylation sites is 1. The smallest absolute Gasteiger partial charge is 0.410 e. The van der Waals surface area contributed by atoms with Crippen LogP contribution < -0.4 is 14.4 Å². The van der Waals surface area contributed by atoms with Gasteiger partial charge in [-0.05, 0) is 73.3 Å². The van der Waals surface area contributed by atoms with Gasteiger partial charge in [0.2, 0.25) is 11.8 Å². The highest BCUT2D eigenvalue weighted by Crippen LogP contribution is 2.42. The number of piperidine rings is 2. The number of ether oxygens (including phenoxy) is 3. The monoisotopic (exact) mass is 765 g/mol. The molecule has 4 aromatic carbocycles. The summed E-state index contributed by atoms with van der Waals surface area (Å²) < 4.78 is 20.1. The SMILES string of the molecule is Cn1nc(-c2ccc(OCc3ccccc3)nc2OCc2ccccc2)c2cccc(N3CCC([C@](C)(O)C4CCN(C(=O)OCc5ccccc5)CC4)CC3)c21. The molecule has 294 valence electrons.